The summed E-state index contributed by atoms with van der Waals surface area (Å²) >= 11 is 0. The van der Waals surface area contributed by atoms with Crippen molar-refractivity contribution < 1.29 is 14.3 Å². The van der Waals surface area contributed by atoms with Gasteiger partial charge in [-0.25, -0.2) is 0 Å². The van der Waals surface area contributed by atoms with Gasteiger partial charge < -0.3 is 20.7 Å². The SMILES string of the molecule is CC(=O)Nc1c#cc(C)cc1.CCCCCOc1ccc(C(=O)N2CCCc3ccccc32)cc1.CCCN. The third-order valence-corrected chi connectivity index (χ3v) is 5.97. The van der Waals surface area contributed by atoms with E-state index in [9.17, 15) is 9.59 Å². The Kier molecular flexibility index (Phi) is 14.2. The molecule has 0 unspecified atom stereocenters. The second kappa shape index (κ2) is 17.6. The monoisotopic (exact) mass is 529 g/mol. The van der Waals surface area contributed by atoms with Crippen molar-refractivity contribution in [3.05, 3.63) is 89.5 Å². The average molecular weight is 530 g/mol. The first kappa shape index (κ1) is 31.4. The summed E-state index contributed by atoms with van der Waals surface area (Å²) in [5, 5.41) is 2.61. The quantitative estimate of drug-likeness (QED) is 0.316. The van der Waals surface area contributed by atoms with Crippen LogP contribution in [0.2, 0.25) is 0 Å². The Morgan fingerprint density at radius 1 is 0.974 bits per heavy atom. The number of ether oxygens (including phenoxy) is 1. The lowest BCUT2D eigenvalue weighted by atomic mass is 10.0. The Morgan fingerprint density at radius 2 is 1.69 bits per heavy atom. The smallest absolute Gasteiger partial charge is 0.258 e. The molecule has 3 N–H and O–H groups in total. The van der Waals surface area contributed by atoms with Crippen LogP contribution in [0, 0.1) is 19.1 Å². The zero-order valence-corrected chi connectivity index (χ0v) is 23.9. The highest BCUT2D eigenvalue weighted by molar-refractivity contribution is 6.06. The normalized spacial score (nSPS) is 11.5. The number of hydrogen-bond acceptors (Lipinski definition) is 4. The molecule has 0 aromatic heterocycles. The lowest BCUT2D eigenvalue weighted by Crippen LogP contribution is -2.35. The number of carbonyl (C=O) groups is 2. The third-order valence-electron chi connectivity index (χ3n) is 5.97. The van der Waals surface area contributed by atoms with Crippen LogP contribution in [0.4, 0.5) is 11.4 Å². The van der Waals surface area contributed by atoms with Gasteiger partial charge in [0, 0.05) is 24.7 Å². The summed E-state index contributed by atoms with van der Waals surface area (Å²) in [6.45, 7) is 9.96. The molecule has 0 radical (unpaired) electrons. The van der Waals surface area contributed by atoms with Crippen molar-refractivity contribution in [1.29, 1.82) is 0 Å². The Morgan fingerprint density at radius 3 is 2.31 bits per heavy atom. The van der Waals surface area contributed by atoms with Gasteiger partial charge in [-0.15, -0.1) is 0 Å². The highest BCUT2D eigenvalue weighted by Gasteiger charge is 2.23. The van der Waals surface area contributed by atoms with Crippen molar-refractivity contribution in [2.75, 3.05) is 29.9 Å². The molecular formula is C33H43N3O3. The summed E-state index contributed by atoms with van der Waals surface area (Å²) in [6.07, 6.45) is 6.60. The Hall–Kier alpha value is -3.82. The number of rotatable bonds is 8. The number of hydrogen-bond donors (Lipinski definition) is 2. The van der Waals surface area contributed by atoms with E-state index in [1.54, 1.807) is 6.07 Å². The van der Waals surface area contributed by atoms with E-state index in [-0.39, 0.29) is 11.8 Å². The molecule has 2 amide bonds. The second-order valence-corrected chi connectivity index (χ2v) is 9.42. The van der Waals surface area contributed by atoms with E-state index in [1.807, 2.05) is 60.4 Å². The van der Waals surface area contributed by atoms with Crippen LogP contribution < -0.4 is 20.7 Å². The van der Waals surface area contributed by atoms with Crippen molar-refractivity contribution >= 4 is 23.2 Å². The van der Waals surface area contributed by atoms with E-state index < -0.39 is 0 Å². The zero-order chi connectivity index (χ0) is 28.5. The molecule has 4 rings (SSSR count). The average Bonchev–Trinajstić information content (AvgIpc) is 2.96. The van der Waals surface area contributed by atoms with Crippen LogP contribution >= 0.6 is 0 Å². The fraction of sp³-hybridized carbons (Fsp3) is 0.394. The van der Waals surface area contributed by atoms with Crippen LogP contribution in [-0.2, 0) is 11.2 Å². The number of para-hydroxylation sites is 1. The first-order valence-electron chi connectivity index (χ1n) is 13.9. The van der Waals surface area contributed by atoms with Crippen molar-refractivity contribution in [2.24, 2.45) is 5.73 Å². The minimum atomic E-state index is -0.0847. The summed E-state index contributed by atoms with van der Waals surface area (Å²) in [5.41, 5.74) is 9.73. The minimum absolute atomic E-state index is 0.0692. The molecule has 0 bridgehead atoms. The molecule has 3 aromatic rings. The van der Waals surface area contributed by atoms with E-state index in [2.05, 4.69) is 37.4 Å². The summed E-state index contributed by atoms with van der Waals surface area (Å²) in [7, 11) is 0. The minimum Gasteiger partial charge on any atom is -0.494 e. The summed E-state index contributed by atoms with van der Waals surface area (Å²) in [5.74, 6) is 0.819. The predicted molar refractivity (Wildman–Crippen MR) is 160 cm³/mol. The Labute approximate surface area is 234 Å². The van der Waals surface area contributed by atoms with E-state index in [0.29, 0.717) is 11.3 Å². The lowest BCUT2D eigenvalue weighted by molar-refractivity contribution is -0.114. The van der Waals surface area contributed by atoms with Gasteiger partial charge >= 0.3 is 0 Å². The number of nitrogens with zero attached hydrogens (tertiary/aromatic N) is 1. The van der Waals surface area contributed by atoms with Gasteiger partial charge in [-0.3, -0.25) is 9.59 Å². The number of unbranched alkanes of at least 4 members (excludes halogenated alkanes) is 2. The number of anilines is 2. The molecule has 208 valence electrons. The highest BCUT2D eigenvalue weighted by Crippen LogP contribution is 2.28. The van der Waals surface area contributed by atoms with Crippen LogP contribution in [0.25, 0.3) is 0 Å². The van der Waals surface area contributed by atoms with Gasteiger partial charge in [0.05, 0.1) is 12.3 Å². The molecule has 6 nitrogen and oxygen atoms in total. The standard InChI is InChI=1S/C21H25NO2.C9H9NO.C3H9N/c1-2-3-6-16-24-19-13-11-18(12-14-19)21(23)22-15-7-9-17-8-4-5-10-20(17)22;1-7-3-5-9(6-4-7)10-8(2)11;1-2-3-4/h4-5,8,10-14H,2-3,6-7,9,15-16H2,1H3;3,5H,1-2H3,(H,10,11);2-4H2,1H3. The fourth-order valence-electron chi connectivity index (χ4n) is 3.86. The van der Waals surface area contributed by atoms with Gasteiger partial charge in [0.25, 0.3) is 5.91 Å². The summed E-state index contributed by atoms with van der Waals surface area (Å²) in [4.78, 5) is 25.3. The molecule has 1 aliphatic rings. The van der Waals surface area contributed by atoms with E-state index in [4.69, 9.17) is 10.5 Å². The van der Waals surface area contributed by atoms with Crippen LogP contribution in [0.1, 0.15) is 74.4 Å². The van der Waals surface area contributed by atoms with E-state index in [1.165, 1.54) is 25.3 Å². The second-order valence-electron chi connectivity index (χ2n) is 9.42. The molecule has 6 heteroatoms. The van der Waals surface area contributed by atoms with Gasteiger partial charge in [-0.1, -0.05) is 51.0 Å². The molecule has 0 saturated carbocycles. The van der Waals surface area contributed by atoms with Crippen LogP contribution in [-0.4, -0.2) is 31.5 Å². The Balaban J connectivity index is 0.000000295. The largest absolute Gasteiger partial charge is 0.494 e. The molecule has 1 heterocycles. The van der Waals surface area contributed by atoms with Gasteiger partial charge in [0.1, 0.15) is 5.75 Å². The molecule has 0 fully saturated rings. The van der Waals surface area contributed by atoms with Crippen LogP contribution in [0.15, 0.2) is 60.7 Å². The maximum absolute atomic E-state index is 12.9. The molecule has 39 heavy (non-hydrogen) atoms. The topological polar surface area (TPSA) is 84.7 Å². The molecule has 0 aliphatic carbocycles. The molecule has 0 atom stereocenters. The molecule has 0 spiro atoms. The number of benzene rings is 2. The molecule has 0 saturated heterocycles. The number of amides is 2. The van der Waals surface area contributed by atoms with Crippen LogP contribution in [0.5, 0.6) is 5.75 Å². The molecule has 1 aliphatic heterocycles. The van der Waals surface area contributed by atoms with E-state index in [0.717, 1.165) is 62.4 Å². The van der Waals surface area contributed by atoms with Gasteiger partial charge in [-0.2, -0.15) is 0 Å². The maximum atomic E-state index is 12.9. The number of fused-ring (bicyclic) bond motifs is 1. The Bertz CT molecular complexity index is 1130. The number of nitrogens with two attached hydrogens (primary N) is 1. The highest BCUT2D eigenvalue weighted by atomic mass is 16.5. The molecule has 3 aromatic carbocycles. The van der Waals surface area contributed by atoms with Crippen molar-refractivity contribution in [3.63, 3.8) is 0 Å². The number of carbonyl (C=O) groups excluding carboxylic acids is 2. The zero-order valence-electron chi connectivity index (χ0n) is 23.9. The number of aryl methyl sites for hydroxylation is 2. The van der Waals surface area contributed by atoms with Crippen molar-refractivity contribution in [2.45, 2.75) is 66.2 Å². The lowest BCUT2D eigenvalue weighted by Gasteiger charge is -2.29. The van der Waals surface area contributed by atoms with E-state index >= 15 is 0 Å². The van der Waals surface area contributed by atoms with Crippen LogP contribution in [0.3, 0.4) is 0 Å². The number of nitrogens with one attached hydrogen (secondary N) is 1. The van der Waals surface area contributed by atoms with Gasteiger partial charge in [0.2, 0.25) is 5.91 Å². The molecular weight excluding hydrogens is 486 g/mol. The fourth-order valence-corrected chi connectivity index (χ4v) is 3.86. The van der Waals surface area contributed by atoms with Crippen molar-refractivity contribution in [3.8, 4) is 5.75 Å². The summed E-state index contributed by atoms with van der Waals surface area (Å²) < 4.78 is 5.72. The van der Waals surface area contributed by atoms with Gasteiger partial charge in [0.15, 0.2) is 0 Å². The van der Waals surface area contributed by atoms with Crippen molar-refractivity contribution in [1.82, 2.24) is 0 Å². The predicted octanol–water partition coefficient (Wildman–Crippen LogP) is 6.76. The maximum Gasteiger partial charge on any atom is 0.258 e. The first-order chi connectivity index (χ1) is 18.9. The van der Waals surface area contributed by atoms with Gasteiger partial charge in [-0.05, 0) is 98.8 Å². The third kappa shape index (κ3) is 11.2. The summed E-state index contributed by atoms with van der Waals surface area (Å²) in [6, 6.07) is 25.1. The first-order valence-corrected chi connectivity index (χ1v) is 13.9.